The summed E-state index contributed by atoms with van der Waals surface area (Å²) in [5.74, 6) is -0.106. The van der Waals surface area contributed by atoms with Gasteiger partial charge in [0.25, 0.3) is 5.91 Å². The summed E-state index contributed by atoms with van der Waals surface area (Å²) in [6.07, 6.45) is 3.53. The van der Waals surface area contributed by atoms with Gasteiger partial charge in [0.15, 0.2) is 0 Å². The summed E-state index contributed by atoms with van der Waals surface area (Å²) < 4.78 is 5.42. The van der Waals surface area contributed by atoms with Crippen LogP contribution in [0.4, 0.5) is 0 Å². The molecule has 3 aliphatic rings. The Hall–Kier alpha value is -3.00. The molecule has 2 amide bonds. The highest BCUT2D eigenvalue weighted by Crippen LogP contribution is 2.29. The highest BCUT2D eigenvalue weighted by atomic mass is 35.5. The number of fused-ring (bicyclic) bond motifs is 1. The molecule has 0 spiro atoms. The molecule has 2 saturated heterocycles. The average Bonchev–Trinajstić information content (AvgIpc) is 3.23. The van der Waals surface area contributed by atoms with Crippen molar-refractivity contribution in [3.63, 3.8) is 0 Å². The fourth-order valence-electron chi connectivity index (χ4n) is 5.50. The minimum absolute atomic E-state index is 0.109. The Balaban J connectivity index is 1.15. The molecule has 0 radical (unpaired) electrons. The Bertz CT molecular complexity index is 1250. The third-order valence-corrected chi connectivity index (χ3v) is 8.07. The summed E-state index contributed by atoms with van der Waals surface area (Å²) in [4.78, 5) is 42.2. The van der Waals surface area contributed by atoms with Crippen molar-refractivity contribution in [2.45, 2.75) is 51.1 Å². The van der Waals surface area contributed by atoms with Crippen LogP contribution in [0.3, 0.4) is 0 Å². The van der Waals surface area contributed by atoms with Gasteiger partial charge < -0.3 is 15.0 Å². The monoisotopic (exact) mass is 535 g/mol. The van der Waals surface area contributed by atoms with E-state index in [0.717, 1.165) is 66.5 Å². The second-order valence-electron chi connectivity index (χ2n) is 10.4. The summed E-state index contributed by atoms with van der Waals surface area (Å²) in [6.45, 7) is 8.59. The normalized spacial score (nSPS) is 20.0. The quantitative estimate of drug-likeness (QED) is 0.529. The van der Waals surface area contributed by atoms with Crippen LogP contribution in [0.1, 0.15) is 51.9 Å². The van der Waals surface area contributed by atoms with Gasteiger partial charge in [-0.15, -0.1) is 0 Å². The molecule has 0 aromatic heterocycles. The Morgan fingerprint density at radius 2 is 1.87 bits per heavy atom. The Labute approximate surface area is 228 Å². The molecule has 3 heterocycles. The summed E-state index contributed by atoms with van der Waals surface area (Å²) in [6, 6.07) is 11.2. The zero-order chi connectivity index (χ0) is 26.6. The maximum Gasteiger partial charge on any atom is 0.255 e. The van der Waals surface area contributed by atoms with Crippen LogP contribution in [-0.4, -0.2) is 66.3 Å². The van der Waals surface area contributed by atoms with Gasteiger partial charge >= 0.3 is 0 Å². The van der Waals surface area contributed by atoms with Gasteiger partial charge in [0.05, 0.1) is 13.2 Å². The van der Waals surface area contributed by atoms with Gasteiger partial charge in [-0.2, -0.15) is 0 Å². The first-order valence-corrected chi connectivity index (χ1v) is 13.8. The lowest BCUT2D eigenvalue weighted by molar-refractivity contribution is -0.126. The fraction of sp³-hybridized carbons (Fsp3) is 0.433. The molecular weight excluding hydrogens is 502 g/mol. The first kappa shape index (κ1) is 26.6. The van der Waals surface area contributed by atoms with Crippen LogP contribution < -0.4 is 5.32 Å². The molecule has 8 heteroatoms. The van der Waals surface area contributed by atoms with Crippen molar-refractivity contribution >= 4 is 29.2 Å². The van der Waals surface area contributed by atoms with E-state index >= 15 is 0 Å². The number of morpholine rings is 1. The number of aryl methyl sites for hydroxylation is 1. The maximum absolute atomic E-state index is 12.9. The fourth-order valence-corrected chi connectivity index (χ4v) is 5.71. The lowest BCUT2D eigenvalue weighted by atomic mass is 9.98. The molecule has 200 valence electrons. The van der Waals surface area contributed by atoms with Crippen molar-refractivity contribution in [3.05, 3.63) is 81.5 Å². The Morgan fingerprint density at radius 1 is 1.08 bits per heavy atom. The van der Waals surface area contributed by atoms with E-state index in [9.17, 15) is 14.4 Å². The number of nitrogens with one attached hydrogen (secondary N) is 1. The number of piperidine rings is 1. The number of hydrogen-bond donors (Lipinski definition) is 1. The van der Waals surface area contributed by atoms with Crippen LogP contribution in [-0.2, 0) is 40.1 Å². The number of benzene rings is 2. The van der Waals surface area contributed by atoms with Gasteiger partial charge in [0.1, 0.15) is 11.8 Å². The minimum atomic E-state index is -0.469. The summed E-state index contributed by atoms with van der Waals surface area (Å²) in [5, 5.41) is 3.51. The number of halogens is 1. The highest BCUT2D eigenvalue weighted by molar-refractivity contribution is 6.31. The number of carbonyl (C=O) groups excluding carboxylic acids is 3. The largest absolute Gasteiger partial charge is 0.379 e. The van der Waals surface area contributed by atoms with Crippen molar-refractivity contribution in [1.82, 2.24) is 15.1 Å². The van der Waals surface area contributed by atoms with Gasteiger partial charge in [0, 0.05) is 55.3 Å². The maximum atomic E-state index is 12.9. The predicted molar refractivity (Wildman–Crippen MR) is 146 cm³/mol. The summed E-state index contributed by atoms with van der Waals surface area (Å²) in [7, 11) is 0. The molecule has 38 heavy (non-hydrogen) atoms. The number of allylic oxidation sites excluding steroid dienone is 1. The van der Waals surface area contributed by atoms with Crippen LogP contribution in [0.25, 0.3) is 0 Å². The number of carbonyl (C=O) groups is 3. The molecule has 2 fully saturated rings. The summed E-state index contributed by atoms with van der Waals surface area (Å²) >= 11 is 6.44. The first-order valence-electron chi connectivity index (χ1n) is 13.4. The third-order valence-electron chi connectivity index (χ3n) is 7.71. The zero-order valence-corrected chi connectivity index (χ0v) is 22.4. The standard InChI is InChI=1S/C30H34ClN3O4/c1-20-2-9-28(29(36)32-20)34-19-24-16-21(4-7-26(24)30(34)37)3-6-25(35)18-22-5-8-27(31)23(17-22)10-11-33-12-14-38-15-13-33/h4-5,7-8,16-17,28H,1-3,6,9-15,18-19H2,(H,32,36). The summed E-state index contributed by atoms with van der Waals surface area (Å²) in [5.41, 5.74) is 5.34. The SMILES string of the molecule is C=C1CCC(N2Cc3cc(CCC(=O)Cc4ccc(Cl)c(CCN5CCOCC5)c4)ccc3C2=O)C(=O)N1. The Morgan fingerprint density at radius 3 is 2.66 bits per heavy atom. The number of hydrogen-bond acceptors (Lipinski definition) is 5. The van der Waals surface area contributed by atoms with Crippen LogP contribution in [0.5, 0.6) is 0 Å². The molecule has 2 aromatic carbocycles. The molecular formula is C30H34ClN3O4. The van der Waals surface area contributed by atoms with E-state index in [0.29, 0.717) is 49.9 Å². The van der Waals surface area contributed by atoms with Crippen molar-refractivity contribution in [2.75, 3.05) is 32.8 Å². The van der Waals surface area contributed by atoms with Gasteiger partial charge in [-0.3, -0.25) is 19.3 Å². The van der Waals surface area contributed by atoms with Crippen molar-refractivity contribution in [2.24, 2.45) is 0 Å². The first-order chi connectivity index (χ1) is 18.4. The molecule has 7 nitrogen and oxygen atoms in total. The van der Waals surface area contributed by atoms with Crippen LogP contribution in [0.15, 0.2) is 48.7 Å². The Kier molecular flexibility index (Phi) is 8.27. The average molecular weight is 536 g/mol. The van der Waals surface area contributed by atoms with Crippen molar-refractivity contribution in [1.29, 1.82) is 0 Å². The molecule has 1 N–H and O–H groups in total. The predicted octanol–water partition coefficient (Wildman–Crippen LogP) is 3.71. The van der Waals surface area contributed by atoms with Gasteiger partial charge in [-0.05, 0) is 60.1 Å². The molecule has 3 aliphatic heterocycles. The lowest BCUT2D eigenvalue weighted by Crippen LogP contribution is -2.49. The smallest absolute Gasteiger partial charge is 0.255 e. The van der Waals surface area contributed by atoms with E-state index in [4.69, 9.17) is 16.3 Å². The van der Waals surface area contributed by atoms with Gasteiger partial charge in [0.2, 0.25) is 5.91 Å². The number of ketones is 1. The topological polar surface area (TPSA) is 79.0 Å². The van der Waals surface area contributed by atoms with Gasteiger partial charge in [-0.1, -0.05) is 42.4 Å². The molecule has 2 aromatic rings. The van der Waals surface area contributed by atoms with E-state index in [2.05, 4.69) is 22.9 Å². The lowest BCUT2D eigenvalue weighted by Gasteiger charge is -2.30. The van der Waals surface area contributed by atoms with Crippen LogP contribution in [0.2, 0.25) is 5.02 Å². The number of Topliss-reactive ketones (excluding diaryl/α,β-unsaturated/α-hetero) is 1. The third kappa shape index (κ3) is 6.17. The van der Waals surface area contributed by atoms with Crippen LogP contribution in [0, 0.1) is 0 Å². The number of rotatable bonds is 9. The minimum Gasteiger partial charge on any atom is -0.379 e. The highest BCUT2D eigenvalue weighted by Gasteiger charge is 2.38. The van der Waals surface area contributed by atoms with E-state index < -0.39 is 6.04 Å². The van der Waals surface area contributed by atoms with E-state index in [1.165, 1.54) is 0 Å². The second kappa shape index (κ2) is 11.8. The van der Waals surface area contributed by atoms with Gasteiger partial charge in [-0.25, -0.2) is 0 Å². The van der Waals surface area contributed by atoms with Crippen molar-refractivity contribution in [3.8, 4) is 0 Å². The second-order valence-corrected chi connectivity index (χ2v) is 10.8. The zero-order valence-electron chi connectivity index (χ0n) is 21.6. The number of amides is 2. The molecule has 1 unspecified atom stereocenters. The molecule has 5 rings (SSSR count). The molecule has 0 saturated carbocycles. The number of ether oxygens (including phenoxy) is 1. The molecule has 0 aliphatic carbocycles. The molecule has 1 atom stereocenters. The van der Waals surface area contributed by atoms with Crippen molar-refractivity contribution < 1.29 is 19.1 Å². The van der Waals surface area contributed by atoms with Crippen LogP contribution >= 0.6 is 11.6 Å². The number of nitrogens with zero attached hydrogens (tertiary/aromatic N) is 2. The molecule has 0 bridgehead atoms. The van der Waals surface area contributed by atoms with E-state index in [-0.39, 0.29) is 17.6 Å². The van der Waals surface area contributed by atoms with E-state index in [1.807, 2.05) is 30.3 Å². The van der Waals surface area contributed by atoms with E-state index in [1.54, 1.807) is 4.90 Å².